The molecule has 0 saturated carbocycles. The summed E-state index contributed by atoms with van der Waals surface area (Å²) < 4.78 is 6.62. The normalized spacial score (nSPS) is 12.9. The molecule has 1 aromatic carbocycles. The van der Waals surface area contributed by atoms with Gasteiger partial charge >= 0.3 is 5.76 Å². The molecule has 0 aliphatic heterocycles. The Balaban J connectivity index is 2.41. The summed E-state index contributed by atoms with van der Waals surface area (Å²) in [6.45, 7) is 4.24. The minimum atomic E-state index is -0.323. The van der Waals surface area contributed by atoms with Crippen molar-refractivity contribution in [2.45, 2.75) is 26.3 Å². The van der Waals surface area contributed by atoms with E-state index >= 15 is 0 Å². The van der Waals surface area contributed by atoms with E-state index in [1.807, 2.05) is 18.2 Å². The first-order chi connectivity index (χ1) is 7.61. The van der Waals surface area contributed by atoms with Crippen molar-refractivity contribution < 1.29 is 4.42 Å². The topological polar surface area (TPSA) is 47.2 Å². The molecular formula is C12H16N2O2. The van der Waals surface area contributed by atoms with Crippen LogP contribution in [0.3, 0.4) is 0 Å². The van der Waals surface area contributed by atoms with Gasteiger partial charge < -0.3 is 9.73 Å². The summed E-state index contributed by atoms with van der Waals surface area (Å²) in [6, 6.07) is 6.13. The first-order valence-electron chi connectivity index (χ1n) is 5.48. The molecule has 0 bridgehead atoms. The Hall–Kier alpha value is -1.71. The molecule has 1 aromatic heterocycles. The number of aromatic nitrogens is 1. The maximum absolute atomic E-state index is 11.3. The van der Waals surface area contributed by atoms with E-state index in [1.165, 1.54) is 4.57 Å². The quantitative estimate of drug-likeness (QED) is 0.863. The molecule has 4 nitrogen and oxygen atoms in total. The van der Waals surface area contributed by atoms with Crippen LogP contribution in [0.25, 0.3) is 11.1 Å². The Kier molecular flexibility index (Phi) is 2.73. The van der Waals surface area contributed by atoms with E-state index in [0.717, 1.165) is 17.6 Å². The van der Waals surface area contributed by atoms with Crippen molar-refractivity contribution in [1.82, 2.24) is 4.57 Å². The zero-order valence-corrected chi connectivity index (χ0v) is 9.78. The van der Waals surface area contributed by atoms with E-state index < -0.39 is 0 Å². The Morgan fingerprint density at radius 3 is 2.94 bits per heavy atom. The molecule has 1 atom stereocenters. The predicted octanol–water partition coefficient (Wildman–Crippen LogP) is 2.34. The first kappa shape index (κ1) is 10.8. The molecule has 0 amide bonds. The second kappa shape index (κ2) is 4.04. The lowest BCUT2D eigenvalue weighted by atomic mass is 10.2. The molecule has 1 N–H and O–H groups in total. The fourth-order valence-electron chi connectivity index (χ4n) is 1.61. The van der Waals surface area contributed by atoms with Crippen LogP contribution in [0.4, 0.5) is 5.69 Å². The molecule has 0 fully saturated rings. The Labute approximate surface area is 93.9 Å². The summed E-state index contributed by atoms with van der Waals surface area (Å²) >= 11 is 0. The Bertz CT molecular complexity index is 554. The smallest absolute Gasteiger partial charge is 0.408 e. The molecule has 0 aliphatic carbocycles. The monoisotopic (exact) mass is 220 g/mol. The highest BCUT2D eigenvalue weighted by molar-refractivity contribution is 5.77. The SMILES string of the molecule is CCC(C)Nc1ccc2c(c1)oc(=O)n2C. The van der Waals surface area contributed by atoms with Crippen molar-refractivity contribution in [2.24, 2.45) is 7.05 Å². The summed E-state index contributed by atoms with van der Waals surface area (Å²) in [5.41, 5.74) is 2.43. The van der Waals surface area contributed by atoms with Gasteiger partial charge in [-0.25, -0.2) is 4.79 Å². The van der Waals surface area contributed by atoms with Crippen LogP contribution < -0.4 is 11.1 Å². The molecule has 0 saturated heterocycles. The second-order valence-corrected chi connectivity index (χ2v) is 4.06. The van der Waals surface area contributed by atoms with Gasteiger partial charge in [0.15, 0.2) is 5.58 Å². The number of anilines is 1. The highest BCUT2D eigenvalue weighted by Crippen LogP contribution is 2.18. The molecule has 0 radical (unpaired) electrons. The van der Waals surface area contributed by atoms with Gasteiger partial charge in [0.2, 0.25) is 0 Å². The van der Waals surface area contributed by atoms with Gasteiger partial charge in [-0.15, -0.1) is 0 Å². The maximum atomic E-state index is 11.3. The van der Waals surface area contributed by atoms with Gasteiger partial charge in [-0.3, -0.25) is 4.57 Å². The summed E-state index contributed by atoms with van der Waals surface area (Å²) in [7, 11) is 1.70. The van der Waals surface area contributed by atoms with Crippen LogP contribution in [0, 0.1) is 0 Å². The highest BCUT2D eigenvalue weighted by atomic mass is 16.4. The summed E-state index contributed by atoms with van der Waals surface area (Å²) in [6.07, 6.45) is 1.05. The standard InChI is InChI=1S/C12H16N2O2/c1-4-8(2)13-9-5-6-10-11(7-9)16-12(15)14(10)3/h5-8,13H,4H2,1-3H3. The number of nitrogens with zero attached hydrogens (tertiary/aromatic N) is 1. The number of aryl methyl sites for hydroxylation is 1. The van der Waals surface area contributed by atoms with E-state index in [2.05, 4.69) is 19.2 Å². The zero-order chi connectivity index (χ0) is 11.7. The third-order valence-electron chi connectivity index (χ3n) is 2.82. The van der Waals surface area contributed by atoms with E-state index in [0.29, 0.717) is 11.6 Å². The van der Waals surface area contributed by atoms with Gasteiger partial charge in [-0.2, -0.15) is 0 Å². The molecule has 2 aromatic rings. The Morgan fingerprint density at radius 2 is 2.25 bits per heavy atom. The van der Waals surface area contributed by atoms with Gasteiger partial charge in [0, 0.05) is 24.8 Å². The van der Waals surface area contributed by atoms with E-state index in [-0.39, 0.29) is 5.76 Å². The number of rotatable bonds is 3. The van der Waals surface area contributed by atoms with Gasteiger partial charge in [-0.1, -0.05) is 6.92 Å². The van der Waals surface area contributed by atoms with Crippen LogP contribution >= 0.6 is 0 Å². The molecule has 16 heavy (non-hydrogen) atoms. The summed E-state index contributed by atoms with van der Waals surface area (Å²) in [5, 5.41) is 3.34. The second-order valence-electron chi connectivity index (χ2n) is 4.06. The van der Waals surface area contributed by atoms with Crippen molar-refractivity contribution in [3.63, 3.8) is 0 Å². The number of nitrogens with one attached hydrogen (secondary N) is 1. The molecule has 1 unspecified atom stereocenters. The lowest BCUT2D eigenvalue weighted by Crippen LogP contribution is -2.13. The van der Waals surface area contributed by atoms with Gasteiger partial charge in [0.05, 0.1) is 5.52 Å². The van der Waals surface area contributed by atoms with Gasteiger partial charge in [0.25, 0.3) is 0 Å². The minimum Gasteiger partial charge on any atom is -0.408 e. The maximum Gasteiger partial charge on any atom is 0.419 e. The lowest BCUT2D eigenvalue weighted by Gasteiger charge is -2.12. The van der Waals surface area contributed by atoms with Gasteiger partial charge in [0.1, 0.15) is 0 Å². The van der Waals surface area contributed by atoms with Crippen LogP contribution in [0.2, 0.25) is 0 Å². The van der Waals surface area contributed by atoms with Gasteiger partial charge in [-0.05, 0) is 25.5 Å². The summed E-state index contributed by atoms with van der Waals surface area (Å²) in [4.78, 5) is 11.3. The molecule has 0 spiro atoms. The van der Waals surface area contributed by atoms with E-state index in [1.54, 1.807) is 7.05 Å². The minimum absolute atomic E-state index is 0.323. The number of benzene rings is 1. The average Bonchev–Trinajstić information content (AvgIpc) is 2.54. The largest absolute Gasteiger partial charge is 0.419 e. The van der Waals surface area contributed by atoms with Crippen molar-refractivity contribution >= 4 is 16.8 Å². The molecule has 4 heteroatoms. The average molecular weight is 220 g/mol. The van der Waals surface area contributed by atoms with Crippen LogP contribution in [0.5, 0.6) is 0 Å². The summed E-state index contributed by atoms with van der Waals surface area (Å²) in [5.74, 6) is -0.323. The molecule has 1 heterocycles. The van der Waals surface area contributed by atoms with Crippen molar-refractivity contribution in [1.29, 1.82) is 0 Å². The van der Waals surface area contributed by atoms with Crippen LogP contribution in [-0.2, 0) is 7.05 Å². The Morgan fingerprint density at radius 1 is 1.50 bits per heavy atom. The van der Waals surface area contributed by atoms with Crippen LogP contribution in [0.15, 0.2) is 27.4 Å². The van der Waals surface area contributed by atoms with Crippen molar-refractivity contribution in [3.8, 4) is 0 Å². The molecule has 86 valence electrons. The van der Waals surface area contributed by atoms with E-state index in [9.17, 15) is 4.79 Å². The third kappa shape index (κ3) is 1.83. The molecular weight excluding hydrogens is 204 g/mol. The first-order valence-corrected chi connectivity index (χ1v) is 5.48. The van der Waals surface area contributed by atoms with E-state index in [4.69, 9.17) is 4.42 Å². The zero-order valence-electron chi connectivity index (χ0n) is 9.78. The number of oxazole rings is 1. The predicted molar refractivity (Wildman–Crippen MR) is 64.8 cm³/mol. The fourth-order valence-corrected chi connectivity index (χ4v) is 1.61. The number of hydrogen-bond acceptors (Lipinski definition) is 3. The fraction of sp³-hybridized carbons (Fsp3) is 0.417. The third-order valence-corrected chi connectivity index (χ3v) is 2.82. The van der Waals surface area contributed by atoms with Crippen molar-refractivity contribution in [2.75, 3.05) is 5.32 Å². The van der Waals surface area contributed by atoms with Crippen LogP contribution in [0.1, 0.15) is 20.3 Å². The number of fused-ring (bicyclic) bond motifs is 1. The lowest BCUT2D eigenvalue weighted by molar-refractivity contribution is 0.528. The van der Waals surface area contributed by atoms with Crippen molar-refractivity contribution in [3.05, 3.63) is 28.7 Å². The molecule has 2 rings (SSSR count). The molecule has 0 aliphatic rings. The highest BCUT2D eigenvalue weighted by Gasteiger charge is 2.07. The number of hydrogen-bond donors (Lipinski definition) is 1. The van der Waals surface area contributed by atoms with Crippen LogP contribution in [-0.4, -0.2) is 10.6 Å².